The van der Waals surface area contributed by atoms with Crippen molar-refractivity contribution in [3.8, 4) is 28.7 Å². The Bertz CT molecular complexity index is 1010. The summed E-state index contributed by atoms with van der Waals surface area (Å²) in [7, 11) is -5.07. The van der Waals surface area contributed by atoms with Gasteiger partial charge in [0.1, 0.15) is 0 Å². The van der Waals surface area contributed by atoms with Gasteiger partial charge in [-0.25, -0.2) is 9.13 Å². The molecule has 2 atom stereocenters. The van der Waals surface area contributed by atoms with E-state index in [1.807, 2.05) is 0 Å². The van der Waals surface area contributed by atoms with Gasteiger partial charge in [0.25, 0.3) is 0 Å². The molecule has 0 amide bonds. The summed E-state index contributed by atoms with van der Waals surface area (Å²) < 4.78 is 53.2. The molecule has 0 heterocycles. The minimum absolute atomic E-state index is 0.120. The van der Waals surface area contributed by atoms with E-state index in [0.29, 0.717) is 5.56 Å². The van der Waals surface area contributed by atoms with Gasteiger partial charge < -0.3 is 38.7 Å². The number of phenolic OH excluding ortho intramolecular Hbond substituents is 1. The van der Waals surface area contributed by atoms with E-state index in [2.05, 4.69) is 4.31 Å². The number of phosphoric ester groups is 1. The standard InChI is InChI=1S/C18H24O12P2/c1-25-14-6-5-11(7-13(14)19)8-15(29-32(23,24)30-31(20,21)22)12-9-16(26-2)18(28-4)17(10-12)27-3/h5-7,9-10,15,19H,8H2,1-4H3,(H,23,24)(H2,20,21,22)/t15-/m1/s1. The van der Waals surface area contributed by atoms with Crippen LogP contribution in [-0.4, -0.2) is 48.2 Å². The number of ether oxygens (including phenoxy) is 4. The maximum atomic E-state index is 12.3. The number of phosphoric acid groups is 2. The van der Waals surface area contributed by atoms with Crippen LogP contribution in [0.25, 0.3) is 0 Å². The molecular formula is C18H24O12P2. The quantitative estimate of drug-likeness (QED) is 0.337. The minimum Gasteiger partial charge on any atom is -0.504 e. The van der Waals surface area contributed by atoms with E-state index in [4.69, 9.17) is 33.3 Å². The van der Waals surface area contributed by atoms with Gasteiger partial charge in [0.15, 0.2) is 23.0 Å². The number of hydrogen-bond donors (Lipinski definition) is 4. The fourth-order valence-electron chi connectivity index (χ4n) is 2.89. The second-order valence-corrected chi connectivity index (χ2v) is 9.09. The summed E-state index contributed by atoms with van der Waals surface area (Å²) in [5.41, 5.74) is 0.677. The normalized spacial score (nSPS) is 14.3. The summed E-state index contributed by atoms with van der Waals surface area (Å²) in [6, 6.07) is 7.26. The number of rotatable bonds is 11. The molecule has 12 nitrogen and oxygen atoms in total. The number of hydrogen-bond acceptors (Lipinski definition) is 9. The van der Waals surface area contributed by atoms with Crippen molar-refractivity contribution in [2.75, 3.05) is 28.4 Å². The smallest absolute Gasteiger partial charge is 0.481 e. The Labute approximate surface area is 184 Å². The highest BCUT2D eigenvalue weighted by Gasteiger charge is 2.36. The van der Waals surface area contributed by atoms with Crippen LogP contribution < -0.4 is 18.9 Å². The van der Waals surface area contributed by atoms with Crippen LogP contribution in [0.5, 0.6) is 28.7 Å². The van der Waals surface area contributed by atoms with E-state index in [0.717, 1.165) is 0 Å². The molecule has 0 spiro atoms. The molecule has 2 aromatic carbocycles. The Hall–Kier alpha value is -2.30. The molecule has 0 radical (unpaired) electrons. The van der Waals surface area contributed by atoms with Crippen LogP contribution in [0.1, 0.15) is 17.2 Å². The molecule has 32 heavy (non-hydrogen) atoms. The van der Waals surface area contributed by atoms with Crippen molar-refractivity contribution in [2.24, 2.45) is 0 Å². The molecule has 0 saturated heterocycles. The Morgan fingerprint density at radius 3 is 1.84 bits per heavy atom. The zero-order valence-electron chi connectivity index (χ0n) is 17.6. The van der Waals surface area contributed by atoms with Crippen LogP contribution in [0.2, 0.25) is 0 Å². The zero-order chi connectivity index (χ0) is 24.1. The highest BCUT2D eigenvalue weighted by atomic mass is 31.3. The first-order chi connectivity index (χ1) is 14.9. The SMILES string of the molecule is COc1ccc(C[C@@H](OP(=O)(O)OP(=O)(O)O)c2cc(OC)c(OC)c(OC)c2)cc1O. The van der Waals surface area contributed by atoms with Gasteiger partial charge in [-0.15, -0.1) is 0 Å². The second kappa shape index (κ2) is 10.5. The first kappa shape index (κ1) is 26.0. The van der Waals surface area contributed by atoms with E-state index in [1.165, 1.54) is 52.7 Å². The van der Waals surface area contributed by atoms with Crippen molar-refractivity contribution in [2.45, 2.75) is 12.5 Å². The van der Waals surface area contributed by atoms with Gasteiger partial charge in [0.05, 0.1) is 34.5 Å². The lowest BCUT2D eigenvalue weighted by atomic mass is 10.00. The van der Waals surface area contributed by atoms with Gasteiger partial charge in [0.2, 0.25) is 5.75 Å². The third kappa shape index (κ3) is 6.85. The summed E-state index contributed by atoms with van der Waals surface area (Å²) in [6.45, 7) is 0. The summed E-state index contributed by atoms with van der Waals surface area (Å²) in [6.07, 6.45) is -1.41. The molecule has 2 aromatic rings. The van der Waals surface area contributed by atoms with Gasteiger partial charge in [0, 0.05) is 6.42 Å². The van der Waals surface area contributed by atoms with Crippen molar-refractivity contribution in [3.63, 3.8) is 0 Å². The molecule has 14 heteroatoms. The first-order valence-corrected chi connectivity index (χ1v) is 11.9. The number of phenols is 1. The summed E-state index contributed by atoms with van der Waals surface area (Å²) >= 11 is 0. The summed E-state index contributed by atoms with van der Waals surface area (Å²) in [5.74, 6) is 0.676. The molecule has 0 aromatic heterocycles. The van der Waals surface area contributed by atoms with E-state index in [-0.39, 0.29) is 40.7 Å². The average Bonchev–Trinajstić information content (AvgIpc) is 2.70. The number of aromatic hydroxyl groups is 1. The lowest BCUT2D eigenvalue weighted by molar-refractivity contribution is 0.126. The topological polar surface area (TPSA) is 170 Å². The number of benzene rings is 2. The lowest BCUT2D eigenvalue weighted by Crippen LogP contribution is -2.09. The highest BCUT2D eigenvalue weighted by molar-refractivity contribution is 7.60. The maximum Gasteiger partial charge on any atom is 0.481 e. The van der Waals surface area contributed by atoms with Crippen molar-refractivity contribution in [1.29, 1.82) is 0 Å². The lowest BCUT2D eigenvalue weighted by Gasteiger charge is -2.23. The van der Waals surface area contributed by atoms with Gasteiger partial charge in [-0.3, -0.25) is 4.52 Å². The van der Waals surface area contributed by atoms with Crippen LogP contribution in [0.3, 0.4) is 0 Å². The predicted octanol–water partition coefficient (Wildman–Crippen LogP) is 2.94. The van der Waals surface area contributed by atoms with Gasteiger partial charge in [-0.1, -0.05) is 6.07 Å². The molecule has 2 rings (SSSR count). The molecular weight excluding hydrogens is 470 g/mol. The molecule has 0 aliphatic rings. The van der Waals surface area contributed by atoms with Crippen LogP contribution in [-0.2, 0) is 24.4 Å². The van der Waals surface area contributed by atoms with Crippen molar-refractivity contribution >= 4 is 15.6 Å². The van der Waals surface area contributed by atoms with E-state index < -0.39 is 21.7 Å². The Balaban J connectivity index is 2.54. The first-order valence-electron chi connectivity index (χ1n) is 8.86. The Kier molecular flexibility index (Phi) is 8.55. The molecule has 0 bridgehead atoms. The number of methoxy groups -OCH3 is 4. The minimum atomic E-state index is -5.34. The third-order valence-electron chi connectivity index (χ3n) is 4.19. The average molecular weight is 494 g/mol. The van der Waals surface area contributed by atoms with Crippen LogP contribution >= 0.6 is 15.6 Å². The molecule has 0 saturated carbocycles. The third-order valence-corrected chi connectivity index (χ3v) is 6.39. The fraction of sp³-hybridized carbons (Fsp3) is 0.333. The molecule has 4 N–H and O–H groups in total. The predicted molar refractivity (Wildman–Crippen MR) is 111 cm³/mol. The van der Waals surface area contributed by atoms with Crippen molar-refractivity contribution in [1.82, 2.24) is 0 Å². The van der Waals surface area contributed by atoms with Crippen LogP contribution in [0.15, 0.2) is 30.3 Å². The second-order valence-electron chi connectivity index (χ2n) is 6.30. The molecule has 0 aliphatic carbocycles. The molecule has 0 aliphatic heterocycles. The summed E-state index contributed by atoms with van der Waals surface area (Å²) in [5, 5.41) is 10.0. The zero-order valence-corrected chi connectivity index (χ0v) is 19.4. The van der Waals surface area contributed by atoms with E-state index in [9.17, 15) is 19.1 Å². The van der Waals surface area contributed by atoms with Gasteiger partial charge >= 0.3 is 15.6 Å². The molecule has 0 fully saturated rings. The summed E-state index contributed by atoms with van der Waals surface area (Å²) in [4.78, 5) is 27.8. The fourth-order valence-corrected chi connectivity index (χ4v) is 4.64. The van der Waals surface area contributed by atoms with Crippen molar-refractivity contribution in [3.05, 3.63) is 41.5 Å². The van der Waals surface area contributed by atoms with Crippen LogP contribution in [0, 0.1) is 0 Å². The maximum absolute atomic E-state index is 12.3. The molecule has 178 valence electrons. The Morgan fingerprint density at radius 2 is 1.41 bits per heavy atom. The highest BCUT2D eigenvalue weighted by Crippen LogP contribution is 2.60. The van der Waals surface area contributed by atoms with E-state index in [1.54, 1.807) is 6.07 Å². The van der Waals surface area contributed by atoms with E-state index >= 15 is 0 Å². The van der Waals surface area contributed by atoms with Gasteiger partial charge in [-0.2, -0.15) is 4.31 Å². The Morgan fingerprint density at radius 1 is 0.844 bits per heavy atom. The molecule has 1 unspecified atom stereocenters. The monoisotopic (exact) mass is 494 g/mol. The van der Waals surface area contributed by atoms with Gasteiger partial charge in [-0.05, 0) is 35.4 Å². The largest absolute Gasteiger partial charge is 0.504 e. The van der Waals surface area contributed by atoms with Crippen molar-refractivity contribution < 1.29 is 56.7 Å². The van der Waals surface area contributed by atoms with Crippen LogP contribution in [0.4, 0.5) is 0 Å².